The van der Waals surface area contributed by atoms with Crippen LogP contribution >= 0.6 is 0 Å². The molecule has 5 rings (SSSR count). The fourth-order valence-corrected chi connectivity index (χ4v) is 4.06. The minimum atomic E-state index is -0.361. The van der Waals surface area contributed by atoms with Crippen LogP contribution in [0, 0.1) is 12.7 Å². The lowest BCUT2D eigenvalue weighted by Crippen LogP contribution is -2.22. The largest absolute Gasteiger partial charge is 0.493 e. The Hall–Kier alpha value is -4.27. The quantitative estimate of drug-likeness (QED) is 0.384. The van der Waals surface area contributed by atoms with E-state index in [1.54, 1.807) is 54.6 Å². The second kappa shape index (κ2) is 8.58. The summed E-state index contributed by atoms with van der Waals surface area (Å²) in [7, 11) is 3.18. The number of aromatic nitrogens is 5. The van der Waals surface area contributed by atoms with E-state index in [1.165, 1.54) is 12.1 Å². The van der Waals surface area contributed by atoms with Crippen LogP contribution in [0.3, 0.4) is 0 Å². The van der Waals surface area contributed by atoms with Gasteiger partial charge in [-0.25, -0.2) is 9.37 Å². The molecule has 0 bridgehead atoms. The zero-order chi connectivity index (χ0) is 23.8. The number of hydrogen-bond acceptors (Lipinski definition) is 6. The number of hydrogen-bond donors (Lipinski definition) is 0. The fraction of sp³-hybridized carbons (Fsp3) is 0.200. The van der Waals surface area contributed by atoms with E-state index in [2.05, 4.69) is 15.1 Å². The first-order chi connectivity index (χ1) is 16.5. The summed E-state index contributed by atoms with van der Waals surface area (Å²) in [6.45, 7) is 2.21. The molecule has 0 fully saturated rings. The number of nitrogens with zero attached hydrogens (tertiary/aromatic N) is 5. The van der Waals surface area contributed by atoms with Gasteiger partial charge >= 0.3 is 0 Å². The van der Waals surface area contributed by atoms with Crippen molar-refractivity contribution in [3.8, 4) is 22.8 Å². The Bertz CT molecular complexity index is 1570. The Kier molecular flexibility index (Phi) is 5.45. The van der Waals surface area contributed by atoms with Gasteiger partial charge in [0.1, 0.15) is 11.6 Å². The summed E-state index contributed by atoms with van der Waals surface area (Å²) in [5.41, 5.74) is 2.49. The molecule has 172 valence electrons. The number of methoxy groups -OCH3 is 2. The Morgan fingerprint density at radius 1 is 0.971 bits per heavy atom. The third-order valence-electron chi connectivity index (χ3n) is 5.72. The lowest BCUT2D eigenvalue weighted by molar-refractivity contribution is 0.354. The van der Waals surface area contributed by atoms with Crippen LogP contribution in [0.1, 0.15) is 11.4 Å². The molecule has 0 aliphatic carbocycles. The molecule has 0 radical (unpaired) electrons. The molecule has 34 heavy (non-hydrogen) atoms. The molecule has 0 saturated heterocycles. The molecule has 0 atom stereocenters. The maximum atomic E-state index is 13.6. The maximum absolute atomic E-state index is 13.6. The lowest BCUT2D eigenvalue weighted by Gasteiger charge is -2.12. The molecule has 3 aromatic heterocycles. The van der Waals surface area contributed by atoms with Crippen molar-refractivity contribution >= 4 is 16.7 Å². The number of rotatable bonds is 6. The molecule has 0 aliphatic heterocycles. The highest BCUT2D eigenvalue weighted by molar-refractivity contribution is 5.93. The summed E-state index contributed by atoms with van der Waals surface area (Å²) < 4.78 is 27.5. The molecule has 0 N–H and O–H groups in total. The van der Waals surface area contributed by atoms with Crippen LogP contribution in [-0.4, -0.2) is 38.4 Å². The van der Waals surface area contributed by atoms with Gasteiger partial charge < -0.3 is 14.0 Å². The highest BCUT2D eigenvalue weighted by atomic mass is 19.1. The number of benzene rings is 2. The first kappa shape index (κ1) is 21.6. The van der Waals surface area contributed by atoms with Crippen LogP contribution in [0.2, 0.25) is 0 Å². The van der Waals surface area contributed by atoms with Crippen molar-refractivity contribution in [1.29, 1.82) is 0 Å². The van der Waals surface area contributed by atoms with E-state index in [1.807, 2.05) is 18.2 Å². The second-order valence-corrected chi connectivity index (χ2v) is 7.85. The van der Waals surface area contributed by atoms with Crippen molar-refractivity contribution in [3.63, 3.8) is 0 Å². The number of halogens is 1. The first-order valence-corrected chi connectivity index (χ1v) is 10.7. The van der Waals surface area contributed by atoms with Gasteiger partial charge in [0.2, 0.25) is 0 Å². The Balaban J connectivity index is 1.62. The van der Waals surface area contributed by atoms with Crippen LogP contribution in [0.5, 0.6) is 11.5 Å². The summed E-state index contributed by atoms with van der Waals surface area (Å²) in [6.07, 6.45) is 2.34. The highest BCUT2D eigenvalue weighted by Crippen LogP contribution is 2.28. The van der Waals surface area contributed by atoms with E-state index in [0.29, 0.717) is 58.2 Å². The molecular weight excluding hydrogens is 437 g/mol. The molecule has 0 amide bonds. The van der Waals surface area contributed by atoms with Gasteiger partial charge in [-0.3, -0.25) is 4.79 Å². The van der Waals surface area contributed by atoms with Crippen LogP contribution < -0.4 is 15.0 Å². The van der Waals surface area contributed by atoms with E-state index >= 15 is 0 Å². The van der Waals surface area contributed by atoms with E-state index in [0.717, 1.165) is 5.56 Å². The maximum Gasteiger partial charge on any atom is 0.262 e. The lowest BCUT2D eigenvalue weighted by atomic mass is 10.1. The topological polar surface area (TPSA) is 83.5 Å². The number of pyridine rings is 1. The summed E-state index contributed by atoms with van der Waals surface area (Å²) in [4.78, 5) is 22.5. The zero-order valence-corrected chi connectivity index (χ0v) is 18.9. The number of aryl methyl sites for hydroxylation is 3. The van der Waals surface area contributed by atoms with Crippen LogP contribution in [0.4, 0.5) is 4.39 Å². The van der Waals surface area contributed by atoms with E-state index in [4.69, 9.17) is 9.47 Å². The molecule has 0 aliphatic rings. The average Bonchev–Trinajstić information content (AvgIpc) is 3.22. The van der Waals surface area contributed by atoms with Gasteiger partial charge in [-0.05, 0) is 61.4 Å². The molecule has 9 heteroatoms. The van der Waals surface area contributed by atoms with Gasteiger partial charge in [-0.1, -0.05) is 6.07 Å². The predicted molar refractivity (Wildman–Crippen MR) is 126 cm³/mol. The monoisotopic (exact) mass is 459 g/mol. The van der Waals surface area contributed by atoms with Gasteiger partial charge in [0, 0.05) is 18.3 Å². The molecule has 5 aromatic rings. The van der Waals surface area contributed by atoms with Crippen molar-refractivity contribution in [2.45, 2.75) is 19.9 Å². The average molecular weight is 459 g/mol. The van der Waals surface area contributed by atoms with Gasteiger partial charge in [0.15, 0.2) is 11.5 Å². The van der Waals surface area contributed by atoms with Crippen molar-refractivity contribution in [3.05, 3.63) is 82.3 Å². The molecular formula is C25H22FN5O3. The minimum absolute atomic E-state index is 0.208. The fourth-order valence-electron chi connectivity index (χ4n) is 4.06. The SMILES string of the molecule is COc1ccc(CCn2ccc3nc4nc(C)nn4c(-c4ccc(F)cc4)c3c2=O)cc1OC. The predicted octanol–water partition coefficient (Wildman–Crippen LogP) is 3.81. The van der Waals surface area contributed by atoms with E-state index in [-0.39, 0.29) is 11.4 Å². The van der Waals surface area contributed by atoms with E-state index in [9.17, 15) is 9.18 Å². The Morgan fingerprint density at radius 3 is 2.47 bits per heavy atom. The van der Waals surface area contributed by atoms with Crippen LogP contribution in [0.25, 0.3) is 27.9 Å². The van der Waals surface area contributed by atoms with Gasteiger partial charge in [-0.2, -0.15) is 9.50 Å². The first-order valence-electron chi connectivity index (χ1n) is 10.7. The highest BCUT2D eigenvalue weighted by Gasteiger charge is 2.18. The third kappa shape index (κ3) is 3.75. The molecule has 3 heterocycles. The standard InChI is InChI=1S/C25H22FN5O3/c1-15-27-25-28-19-11-13-30(12-10-16-4-9-20(33-2)21(14-16)34-3)24(32)22(19)23(31(25)29-15)17-5-7-18(26)8-6-17/h4-9,11,13-14H,10,12H2,1-3H3. The number of fused-ring (bicyclic) bond motifs is 2. The number of ether oxygens (including phenoxy) is 2. The third-order valence-corrected chi connectivity index (χ3v) is 5.72. The molecule has 8 nitrogen and oxygen atoms in total. The molecule has 0 unspecified atom stereocenters. The smallest absolute Gasteiger partial charge is 0.262 e. The van der Waals surface area contributed by atoms with Crippen LogP contribution in [-0.2, 0) is 13.0 Å². The van der Waals surface area contributed by atoms with Gasteiger partial charge in [0.05, 0.1) is 30.8 Å². The van der Waals surface area contributed by atoms with Crippen molar-refractivity contribution < 1.29 is 13.9 Å². The van der Waals surface area contributed by atoms with E-state index < -0.39 is 0 Å². The molecule has 2 aromatic carbocycles. The summed E-state index contributed by atoms with van der Waals surface area (Å²) in [6, 6.07) is 13.5. The van der Waals surface area contributed by atoms with Gasteiger partial charge in [-0.15, -0.1) is 5.10 Å². The summed E-state index contributed by atoms with van der Waals surface area (Å²) in [5, 5.41) is 4.84. The Labute approximate surface area is 194 Å². The van der Waals surface area contributed by atoms with Crippen molar-refractivity contribution in [2.24, 2.45) is 0 Å². The zero-order valence-electron chi connectivity index (χ0n) is 18.9. The minimum Gasteiger partial charge on any atom is -0.493 e. The summed E-state index contributed by atoms with van der Waals surface area (Å²) >= 11 is 0. The normalized spacial score (nSPS) is 11.3. The summed E-state index contributed by atoms with van der Waals surface area (Å²) in [5.74, 6) is 1.83. The molecule has 0 saturated carbocycles. The van der Waals surface area contributed by atoms with Gasteiger partial charge in [0.25, 0.3) is 11.3 Å². The van der Waals surface area contributed by atoms with Crippen molar-refractivity contribution in [1.82, 2.24) is 24.1 Å². The second-order valence-electron chi connectivity index (χ2n) is 7.85. The van der Waals surface area contributed by atoms with Crippen molar-refractivity contribution in [2.75, 3.05) is 14.2 Å². The molecule has 0 spiro atoms. The Morgan fingerprint density at radius 2 is 1.74 bits per heavy atom. The van der Waals surface area contributed by atoms with Crippen LogP contribution in [0.15, 0.2) is 59.5 Å².